The van der Waals surface area contributed by atoms with Gasteiger partial charge in [0.25, 0.3) is 0 Å². The fourth-order valence-electron chi connectivity index (χ4n) is 5.95. The van der Waals surface area contributed by atoms with Gasteiger partial charge in [-0.1, -0.05) is 22.9 Å². The SMILES string of the molecule is CCCC(=O)Nc1ccc(C(=O)COC(=O)C23CC4CC(CC(Br)(C4)C2)C3)cc1. The van der Waals surface area contributed by atoms with Crippen LogP contribution in [0, 0.1) is 17.3 Å². The average Bonchev–Trinajstić information content (AvgIpc) is 2.64. The molecule has 29 heavy (non-hydrogen) atoms. The highest BCUT2D eigenvalue weighted by atomic mass is 79.9. The number of nitrogens with one attached hydrogen (secondary N) is 1. The van der Waals surface area contributed by atoms with Crippen LogP contribution in [-0.2, 0) is 14.3 Å². The number of rotatable bonds is 7. The molecular weight excluding hydrogens is 434 g/mol. The maximum absolute atomic E-state index is 13.0. The van der Waals surface area contributed by atoms with Crippen molar-refractivity contribution in [2.24, 2.45) is 17.3 Å². The van der Waals surface area contributed by atoms with Crippen LogP contribution in [0.1, 0.15) is 68.6 Å². The molecule has 5 nitrogen and oxygen atoms in total. The predicted octanol–water partition coefficient (Wildman–Crippen LogP) is 4.89. The number of alkyl halides is 1. The molecule has 1 amide bonds. The zero-order valence-corrected chi connectivity index (χ0v) is 18.4. The van der Waals surface area contributed by atoms with Gasteiger partial charge < -0.3 is 10.1 Å². The molecule has 2 atom stereocenters. The van der Waals surface area contributed by atoms with Gasteiger partial charge in [0.05, 0.1) is 5.41 Å². The molecule has 1 N–H and O–H groups in total. The molecular formula is C23H28BrNO4. The number of Topliss-reactive ketones (excluding diaryl/α,β-unsaturated/α-hetero) is 1. The lowest BCUT2D eigenvalue weighted by molar-refractivity contribution is -0.168. The Labute approximate surface area is 180 Å². The van der Waals surface area contributed by atoms with Crippen LogP contribution in [0.5, 0.6) is 0 Å². The number of anilines is 1. The lowest BCUT2D eigenvalue weighted by Gasteiger charge is -2.58. The molecule has 0 aromatic heterocycles. The van der Waals surface area contributed by atoms with E-state index in [1.165, 1.54) is 6.42 Å². The van der Waals surface area contributed by atoms with Crippen molar-refractivity contribution in [2.75, 3.05) is 11.9 Å². The molecule has 0 spiro atoms. The lowest BCUT2D eigenvalue weighted by atomic mass is 9.49. The van der Waals surface area contributed by atoms with Gasteiger partial charge in [-0.05, 0) is 81.0 Å². The summed E-state index contributed by atoms with van der Waals surface area (Å²) >= 11 is 3.91. The van der Waals surface area contributed by atoms with Crippen molar-refractivity contribution in [3.05, 3.63) is 29.8 Å². The second-order valence-electron chi connectivity index (χ2n) is 9.27. The monoisotopic (exact) mass is 461 g/mol. The number of benzene rings is 1. The van der Waals surface area contributed by atoms with E-state index >= 15 is 0 Å². The Hall–Kier alpha value is -1.69. The van der Waals surface area contributed by atoms with E-state index in [0.29, 0.717) is 29.5 Å². The van der Waals surface area contributed by atoms with Crippen LogP contribution in [0.4, 0.5) is 5.69 Å². The van der Waals surface area contributed by atoms with Crippen molar-refractivity contribution in [2.45, 2.75) is 62.6 Å². The molecule has 156 valence electrons. The van der Waals surface area contributed by atoms with E-state index in [9.17, 15) is 14.4 Å². The first kappa shape index (κ1) is 20.6. The van der Waals surface area contributed by atoms with E-state index in [1.807, 2.05) is 6.92 Å². The first-order valence-electron chi connectivity index (χ1n) is 10.6. The fourth-order valence-corrected chi connectivity index (χ4v) is 7.40. The van der Waals surface area contributed by atoms with Crippen molar-refractivity contribution in [3.8, 4) is 0 Å². The van der Waals surface area contributed by atoms with E-state index < -0.39 is 5.41 Å². The van der Waals surface area contributed by atoms with Gasteiger partial charge in [0.1, 0.15) is 0 Å². The number of esters is 1. The smallest absolute Gasteiger partial charge is 0.312 e. The molecule has 0 saturated heterocycles. The molecule has 0 heterocycles. The molecule has 4 fully saturated rings. The van der Waals surface area contributed by atoms with Crippen LogP contribution in [0.3, 0.4) is 0 Å². The summed E-state index contributed by atoms with van der Waals surface area (Å²) in [5.41, 5.74) is 0.725. The second kappa shape index (κ2) is 7.86. The third kappa shape index (κ3) is 4.27. The van der Waals surface area contributed by atoms with E-state index in [-0.39, 0.29) is 28.6 Å². The van der Waals surface area contributed by atoms with Crippen LogP contribution >= 0.6 is 15.9 Å². The number of carbonyl (C=O) groups is 3. The van der Waals surface area contributed by atoms with Crippen LogP contribution < -0.4 is 5.32 Å². The molecule has 1 aromatic rings. The number of hydrogen-bond acceptors (Lipinski definition) is 4. The van der Waals surface area contributed by atoms with Gasteiger partial charge in [-0.2, -0.15) is 0 Å². The van der Waals surface area contributed by atoms with Gasteiger partial charge >= 0.3 is 5.97 Å². The number of carbonyl (C=O) groups excluding carboxylic acids is 3. The highest BCUT2D eigenvalue weighted by Gasteiger charge is 2.60. The number of ether oxygens (including phenoxy) is 1. The molecule has 5 rings (SSSR count). The first-order valence-corrected chi connectivity index (χ1v) is 11.4. The lowest BCUT2D eigenvalue weighted by Crippen LogP contribution is -2.56. The summed E-state index contributed by atoms with van der Waals surface area (Å²) in [4.78, 5) is 37.1. The van der Waals surface area contributed by atoms with Crippen LogP contribution in [-0.4, -0.2) is 28.6 Å². The molecule has 0 radical (unpaired) electrons. The fraction of sp³-hybridized carbons (Fsp3) is 0.609. The topological polar surface area (TPSA) is 72.5 Å². The standard InChI is InChI=1S/C23H28BrNO4/c1-2-3-20(27)25-18-6-4-17(5-7-18)19(26)13-29-21(28)22-9-15-8-16(10-22)12-23(24,11-15)14-22/h4-7,15-16H,2-3,8-14H2,1H3,(H,25,27). The summed E-state index contributed by atoms with van der Waals surface area (Å²) in [7, 11) is 0. The quantitative estimate of drug-likeness (QED) is 0.356. The van der Waals surface area contributed by atoms with Crippen molar-refractivity contribution < 1.29 is 19.1 Å². The van der Waals surface area contributed by atoms with Gasteiger partial charge in [0.2, 0.25) is 5.91 Å². The van der Waals surface area contributed by atoms with Gasteiger partial charge in [0, 0.05) is 22.0 Å². The van der Waals surface area contributed by atoms with E-state index in [0.717, 1.165) is 38.5 Å². The minimum atomic E-state index is -0.415. The van der Waals surface area contributed by atoms with Crippen LogP contribution in [0.25, 0.3) is 0 Å². The van der Waals surface area contributed by atoms with Gasteiger partial charge in [0.15, 0.2) is 12.4 Å². The number of amides is 1. The van der Waals surface area contributed by atoms with E-state index in [1.54, 1.807) is 24.3 Å². The third-order valence-corrected chi connectivity index (χ3v) is 7.65. The molecule has 4 saturated carbocycles. The Morgan fingerprint density at radius 1 is 1.10 bits per heavy atom. The summed E-state index contributed by atoms with van der Waals surface area (Å²) < 4.78 is 5.62. The normalized spacial score (nSPS) is 32.1. The Morgan fingerprint density at radius 3 is 2.34 bits per heavy atom. The molecule has 1 aromatic carbocycles. The zero-order chi connectivity index (χ0) is 20.6. The Balaban J connectivity index is 1.34. The van der Waals surface area contributed by atoms with Crippen molar-refractivity contribution in [3.63, 3.8) is 0 Å². The summed E-state index contributed by atoms with van der Waals surface area (Å²) in [6.07, 6.45) is 7.40. The highest BCUT2D eigenvalue weighted by Crippen LogP contribution is 2.64. The summed E-state index contributed by atoms with van der Waals surface area (Å²) in [6, 6.07) is 6.73. The maximum Gasteiger partial charge on any atom is 0.312 e. The molecule has 2 unspecified atom stereocenters. The van der Waals surface area contributed by atoms with Gasteiger partial charge in [-0.3, -0.25) is 14.4 Å². The van der Waals surface area contributed by atoms with Crippen LogP contribution in [0.15, 0.2) is 24.3 Å². The van der Waals surface area contributed by atoms with Crippen molar-refractivity contribution >= 4 is 39.3 Å². The number of ketones is 1. The average molecular weight is 462 g/mol. The zero-order valence-electron chi connectivity index (χ0n) is 16.8. The van der Waals surface area contributed by atoms with Crippen molar-refractivity contribution in [1.82, 2.24) is 0 Å². The maximum atomic E-state index is 13.0. The third-order valence-electron chi connectivity index (χ3n) is 6.72. The predicted molar refractivity (Wildman–Crippen MR) is 114 cm³/mol. The van der Waals surface area contributed by atoms with E-state index in [2.05, 4.69) is 21.2 Å². The van der Waals surface area contributed by atoms with Crippen molar-refractivity contribution in [1.29, 1.82) is 0 Å². The van der Waals surface area contributed by atoms with E-state index in [4.69, 9.17) is 4.74 Å². The molecule has 6 heteroatoms. The summed E-state index contributed by atoms with van der Waals surface area (Å²) in [5.74, 6) is 0.722. The Bertz CT molecular complexity index is 805. The molecule has 4 aliphatic rings. The minimum Gasteiger partial charge on any atom is -0.457 e. The first-order chi connectivity index (χ1) is 13.8. The highest BCUT2D eigenvalue weighted by molar-refractivity contribution is 9.10. The Kier molecular flexibility index (Phi) is 5.58. The molecule has 0 aliphatic heterocycles. The van der Waals surface area contributed by atoms with Gasteiger partial charge in [-0.25, -0.2) is 0 Å². The number of hydrogen-bond donors (Lipinski definition) is 1. The minimum absolute atomic E-state index is 0.0411. The largest absolute Gasteiger partial charge is 0.457 e. The molecule has 4 aliphatic carbocycles. The summed E-state index contributed by atoms with van der Waals surface area (Å²) in [6.45, 7) is 1.72. The second-order valence-corrected chi connectivity index (χ2v) is 10.9. The van der Waals surface area contributed by atoms with Crippen LogP contribution in [0.2, 0.25) is 0 Å². The number of halogens is 1. The molecule has 4 bridgehead atoms. The van der Waals surface area contributed by atoms with Gasteiger partial charge in [-0.15, -0.1) is 0 Å². The Morgan fingerprint density at radius 2 is 1.76 bits per heavy atom. The summed E-state index contributed by atoms with van der Waals surface area (Å²) in [5, 5.41) is 2.80.